The van der Waals surface area contributed by atoms with Crippen LogP contribution in [-0.2, 0) is 16.1 Å². The topological polar surface area (TPSA) is 121 Å². The second-order valence-corrected chi connectivity index (χ2v) is 7.13. The van der Waals surface area contributed by atoms with Gasteiger partial charge in [-0.05, 0) is 25.0 Å². The van der Waals surface area contributed by atoms with Crippen LogP contribution in [0, 0.1) is 12.8 Å². The number of benzene rings is 1. The van der Waals surface area contributed by atoms with Crippen LogP contribution in [0.25, 0.3) is 0 Å². The summed E-state index contributed by atoms with van der Waals surface area (Å²) in [6.07, 6.45) is -1.17. The average molecular weight is 391 g/mol. The summed E-state index contributed by atoms with van der Waals surface area (Å²) in [6, 6.07) is 5.53. The first-order valence-corrected chi connectivity index (χ1v) is 9.10. The van der Waals surface area contributed by atoms with E-state index < -0.39 is 24.0 Å². The predicted octanol–water partition coefficient (Wildman–Crippen LogP) is 2.41. The minimum absolute atomic E-state index is 0.168. The van der Waals surface area contributed by atoms with E-state index in [0.29, 0.717) is 5.75 Å². The van der Waals surface area contributed by atoms with Crippen LogP contribution in [0.2, 0.25) is 0 Å². The monoisotopic (exact) mass is 391 g/mol. The lowest BCUT2D eigenvalue weighted by atomic mass is 10.1. The van der Waals surface area contributed by atoms with E-state index in [4.69, 9.17) is 15.2 Å². The first-order valence-electron chi connectivity index (χ1n) is 8.22. The highest BCUT2D eigenvalue weighted by Crippen LogP contribution is 2.22. The Hall–Kier alpha value is -2.94. The third-order valence-electron chi connectivity index (χ3n) is 3.49. The van der Waals surface area contributed by atoms with Crippen molar-refractivity contribution in [3.05, 3.63) is 45.9 Å². The normalized spacial score (nSPS) is 11.7. The maximum Gasteiger partial charge on any atom is 0.342 e. The van der Waals surface area contributed by atoms with Gasteiger partial charge in [0.15, 0.2) is 6.10 Å². The molecule has 0 fully saturated rings. The van der Waals surface area contributed by atoms with E-state index in [2.05, 4.69) is 4.98 Å². The first kappa shape index (κ1) is 20.4. The molecule has 0 radical (unpaired) electrons. The standard InChI is InChI=1S/C18H21N3O5S/c1-10(2)15(16(22)21-18(19)24)26-17(23)13-6-4-5-7-14(13)25-8-12-9-27-11(3)20-12/h4-7,9-10,15H,8H2,1-3H3,(H3,19,21,22,24)/t15-/m1/s1. The number of amides is 3. The highest BCUT2D eigenvalue weighted by Gasteiger charge is 2.29. The summed E-state index contributed by atoms with van der Waals surface area (Å²) in [7, 11) is 0. The average Bonchev–Trinajstić information content (AvgIpc) is 3.02. The summed E-state index contributed by atoms with van der Waals surface area (Å²) >= 11 is 1.50. The van der Waals surface area contributed by atoms with Gasteiger partial charge in [0.05, 0.1) is 10.7 Å². The van der Waals surface area contributed by atoms with Crippen molar-refractivity contribution in [2.45, 2.75) is 33.5 Å². The molecule has 3 N–H and O–H groups in total. The van der Waals surface area contributed by atoms with E-state index in [9.17, 15) is 14.4 Å². The number of imide groups is 1. The number of aryl methyl sites for hydroxylation is 1. The molecule has 1 aromatic carbocycles. The number of carbonyl (C=O) groups excluding carboxylic acids is 3. The van der Waals surface area contributed by atoms with Crippen LogP contribution in [0.4, 0.5) is 4.79 Å². The molecule has 0 aliphatic carbocycles. The number of carbonyl (C=O) groups is 3. The molecule has 2 aromatic rings. The largest absolute Gasteiger partial charge is 0.486 e. The van der Waals surface area contributed by atoms with E-state index in [0.717, 1.165) is 10.7 Å². The summed E-state index contributed by atoms with van der Waals surface area (Å²) in [5, 5.41) is 4.72. The van der Waals surface area contributed by atoms with Crippen molar-refractivity contribution in [3.63, 3.8) is 0 Å². The van der Waals surface area contributed by atoms with Gasteiger partial charge in [0.25, 0.3) is 5.91 Å². The van der Waals surface area contributed by atoms with Gasteiger partial charge in [0, 0.05) is 5.38 Å². The summed E-state index contributed by atoms with van der Waals surface area (Å²) in [6.45, 7) is 5.46. The fraction of sp³-hybridized carbons (Fsp3) is 0.333. The fourth-order valence-electron chi connectivity index (χ4n) is 2.25. The third-order valence-corrected chi connectivity index (χ3v) is 4.32. The van der Waals surface area contributed by atoms with Gasteiger partial charge in [-0.3, -0.25) is 10.1 Å². The Bertz CT molecular complexity index is 834. The molecule has 144 valence electrons. The van der Waals surface area contributed by atoms with Crippen LogP contribution in [0.15, 0.2) is 29.6 Å². The van der Waals surface area contributed by atoms with Crippen molar-refractivity contribution in [2.24, 2.45) is 11.7 Å². The lowest BCUT2D eigenvalue weighted by Crippen LogP contribution is -2.45. The van der Waals surface area contributed by atoms with Gasteiger partial charge in [-0.2, -0.15) is 0 Å². The number of urea groups is 1. The first-order chi connectivity index (χ1) is 12.8. The molecule has 3 amide bonds. The molecule has 2 rings (SSSR count). The van der Waals surface area contributed by atoms with Gasteiger partial charge in [0.2, 0.25) is 0 Å². The Labute approximate surface area is 160 Å². The zero-order chi connectivity index (χ0) is 20.0. The predicted molar refractivity (Wildman–Crippen MR) is 99.4 cm³/mol. The summed E-state index contributed by atoms with van der Waals surface area (Å²) in [4.78, 5) is 39.8. The number of primary amides is 1. The van der Waals surface area contributed by atoms with E-state index in [1.807, 2.05) is 17.6 Å². The van der Waals surface area contributed by atoms with Crippen molar-refractivity contribution in [2.75, 3.05) is 0 Å². The minimum atomic E-state index is -1.17. The van der Waals surface area contributed by atoms with Crippen molar-refractivity contribution < 1.29 is 23.9 Å². The van der Waals surface area contributed by atoms with Crippen molar-refractivity contribution >= 4 is 29.2 Å². The highest BCUT2D eigenvalue weighted by atomic mass is 32.1. The second kappa shape index (κ2) is 9.13. The smallest absolute Gasteiger partial charge is 0.342 e. The Morgan fingerprint density at radius 3 is 2.56 bits per heavy atom. The van der Waals surface area contributed by atoms with E-state index in [-0.39, 0.29) is 18.1 Å². The highest BCUT2D eigenvalue weighted by molar-refractivity contribution is 7.09. The molecule has 27 heavy (non-hydrogen) atoms. The van der Waals surface area contributed by atoms with Crippen LogP contribution in [-0.4, -0.2) is 29.0 Å². The third kappa shape index (κ3) is 5.78. The van der Waals surface area contributed by atoms with Crippen molar-refractivity contribution in [1.82, 2.24) is 10.3 Å². The number of nitrogens with zero attached hydrogens (tertiary/aromatic N) is 1. The molecule has 0 unspecified atom stereocenters. The maximum atomic E-state index is 12.6. The molecule has 0 aliphatic heterocycles. The maximum absolute atomic E-state index is 12.6. The van der Waals surface area contributed by atoms with Gasteiger partial charge in [-0.1, -0.05) is 26.0 Å². The zero-order valence-corrected chi connectivity index (χ0v) is 16.0. The molecule has 8 nitrogen and oxygen atoms in total. The summed E-state index contributed by atoms with van der Waals surface area (Å²) < 4.78 is 11.0. The summed E-state index contributed by atoms with van der Waals surface area (Å²) in [5.41, 5.74) is 5.88. The summed E-state index contributed by atoms with van der Waals surface area (Å²) in [5.74, 6) is -1.56. The van der Waals surface area contributed by atoms with Gasteiger partial charge in [-0.25, -0.2) is 14.6 Å². The number of aromatic nitrogens is 1. The van der Waals surface area contributed by atoms with Gasteiger partial charge < -0.3 is 15.2 Å². The van der Waals surface area contributed by atoms with Gasteiger partial charge in [0.1, 0.15) is 17.9 Å². The Morgan fingerprint density at radius 2 is 1.96 bits per heavy atom. The van der Waals surface area contributed by atoms with E-state index in [1.54, 1.807) is 32.0 Å². The quantitative estimate of drug-likeness (QED) is 0.699. The Kier molecular flexibility index (Phi) is 6.89. The van der Waals surface area contributed by atoms with Crippen molar-refractivity contribution in [1.29, 1.82) is 0 Å². The minimum Gasteiger partial charge on any atom is -0.486 e. The number of para-hydroxylation sites is 1. The molecule has 0 aliphatic rings. The van der Waals surface area contributed by atoms with E-state index in [1.165, 1.54) is 17.4 Å². The number of nitrogens with one attached hydrogen (secondary N) is 1. The molecule has 0 saturated heterocycles. The lowest BCUT2D eigenvalue weighted by Gasteiger charge is -2.20. The van der Waals surface area contributed by atoms with Crippen LogP contribution < -0.4 is 15.8 Å². The van der Waals surface area contributed by atoms with Crippen LogP contribution in [0.3, 0.4) is 0 Å². The number of nitrogens with two attached hydrogens (primary N) is 1. The van der Waals surface area contributed by atoms with Crippen LogP contribution >= 0.6 is 11.3 Å². The van der Waals surface area contributed by atoms with Crippen LogP contribution in [0.1, 0.15) is 34.9 Å². The molecular formula is C18H21N3O5S. The number of rotatable bonds is 7. The molecule has 1 atom stereocenters. The molecule has 1 aromatic heterocycles. The number of hydrogen-bond acceptors (Lipinski definition) is 7. The molecule has 9 heteroatoms. The molecule has 0 bridgehead atoms. The number of thiazole rings is 1. The molecule has 0 spiro atoms. The fourth-order valence-corrected chi connectivity index (χ4v) is 2.85. The Morgan fingerprint density at radius 1 is 1.26 bits per heavy atom. The molecular weight excluding hydrogens is 370 g/mol. The van der Waals surface area contributed by atoms with E-state index >= 15 is 0 Å². The molecule has 1 heterocycles. The number of ether oxygens (including phenoxy) is 2. The van der Waals surface area contributed by atoms with Gasteiger partial charge in [-0.15, -0.1) is 11.3 Å². The van der Waals surface area contributed by atoms with Crippen LogP contribution in [0.5, 0.6) is 5.75 Å². The molecule has 0 saturated carbocycles. The van der Waals surface area contributed by atoms with Crippen molar-refractivity contribution in [3.8, 4) is 5.75 Å². The van der Waals surface area contributed by atoms with Gasteiger partial charge >= 0.3 is 12.0 Å². The number of esters is 1. The zero-order valence-electron chi connectivity index (χ0n) is 15.2. The second-order valence-electron chi connectivity index (χ2n) is 6.07. The number of hydrogen-bond donors (Lipinski definition) is 2. The Balaban J connectivity index is 2.12. The SMILES string of the molecule is Cc1nc(COc2ccccc2C(=O)O[C@@H](C(=O)NC(N)=O)C(C)C)cs1. The lowest BCUT2D eigenvalue weighted by molar-refractivity contribution is -0.130.